The van der Waals surface area contributed by atoms with Crippen LogP contribution >= 0.6 is 0 Å². The normalized spacial score (nSPS) is 31.9. The number of nitrogens with one attached hydrogen (secondary N) is 1. The van der Waals surface area contributed by atoms with Gasteiger partial charge in [0, 0.05) is 31.4 Å². The van der Waals surface area contributed by atoms with E-state index in [1.807, 2.05) is 0 Å². The number of hydrogen-bond acceptors (Lipinski definition) is 3. The van der Waals surface area contributed by atoms with Crippen LogP contribution < -0.4 is 10.2 Å². The van der Waals surface area contributed by atoms with Crippen molar-refractivity contribution in [1.29, 1.82) is 0 Å². The van der Waals surface area contributed by atoms with Crippen molar-refractivity contribution in [3.63, 3.8) is 0 Å². The maximum atomic E-state index is 4.69. The lowest BCUT2D eigenvalue weighted by Crippen LogP contribution is -2.35. The van der Waals surface area contributed by atoms with Crippen LogP contribution in [0.4, 0.5) is 5.82 Å². The number of aromatic nitrogens is 1. The summed E-state index contributed by atoms with van der Waals surface area (Å²) in [7, 11) is 0. The number of aryl methyl sites for hydroxylation is 1. The van der Waals surface area contributed by atoms with Crippen molar-refractivity contribution >= 4 is 5.82 Å². The summed E-state index contributed by atoms with van der Waals surface area (Å²) in [6.45, 7) is 7.92. The van der Waals surface area contributed by atoms with Gasteiger partial charge in [-0.1, -0.05) is 13.0 Å². The molecule has 3 heterocycles. The van der Waals surface area contributed by atoms with Gasteiger partial charge in [0.25, 0.3) is 0 Å². The maximum Gasteiger partial charge on any atom is 0.129 e. The van der Waals surface area contributed by atoms with Crippen LogP contribution in [0.2, 0.25) is 0 Å². The van der Waals surface area contributed by atoms with Crippen LogP contribution in [-0.4, -0.2) is 30.7 Å². The monoisotopic (exact) mass is 231 g/mol. The molecule has 0 radical (unpaired) electrons. The first-order chi connectivity index (χ1) is 8.29. The number of pyridine rings is 1. The van der Waals surface area contributed by atoms with Crippen LogP contribution in [0, 0.1) is 18.8 Å². The quantitative estimate of drug-likeness (QED) is 0.841. The summed E-state index contributed by atoms with van der Waals surface area (Å²) in [5.74, 6) is 2.82. The zero-order chi connectivity index (χ0) is 11.8. The number of fused-ring (bicyclic) bond motifs is 1. The van der Waals surface area contributed by atoms with Crippen molar-refractivity contribution in [2.45, 2.75) is 26.3 Å². The zero-order valence-corrected chi connectivity index (χ0v) is 10.7. The third kappa shape index (κ3) is 1.82. The van der Waals surface area contributed by atoms with Gasteiger partial charge in [0.05, 0.1) is 0 Å². The zero-order valence-electron chi connectivity index (χ0n) is 10.7. The lowest BCUT2D eigenvalue weighted by Gasteiger charge is -2.28. The first kappa shape index (κ1) is 11.0. The molecule has 3 unspecified atom stereocenters. The molecule has 3 rings (SSSR count). The van der Waals surface area contributed by atoms with Crippen molar-refractivity contribution in [1.82, 2.24) is 10.3 Å². The largest absolute Gasteiger partial charge is 0.353 e. The van der Waals surface area contributed by atoms with Gasteiger partial charge in [-0.3, -0.25) is 0 Å². The average molecular weight is 231 g/mol. The van der Waals surface area contributed by atoms with Gasteiger partial charge in [0.15, 0.2) is 0 Å². The van der Waals surface area contributed by atoms with Gasteiger partial charge in [-0.2, -0.15) is 0 Å². The standard InChI is InChI=1S/C14H21N3/c1-3-13-12-8-15-7-11(12)9-17(13)14-6-4-5-10(2)16-14/h4-6,11-13,15H,3,7-9H2,1-2H3. The summed E-state index contributed by atoms with van der Waals surface area (Å²) in [6.07, 6.45) is 1.22. The van der Waals surface area contributed by atoms with Gasteiger partial charge >= 0.3 is 0 Å². The molecule has 0 aromatic carbocycles. The van der Waals surface area contributed by atoms with E-state index in [1.54, 1.807) is 0 Å². The molecule has 0 aliphatic carbocycles. The highest BCUT2D eigenvalue weighted by Crippen LogP contribution is 2.36. The third-order valence-corrected chi connectivity index (χ3v) is 4.30. The highest BCUT2D eigenvalue weighted by molar-refractivity contribution is 5.43. The second-order valence-corrected chi connectivity index (χ2v) is 5.35. The summed E-state index contributed by atoms with van der Waals surface area (Å²) in [5, 5.41) is 3.52. The molecule has 0 bridgehead atoms. The maximum absolute atomic E-state index is 4.69. The van der Waals surface area contributed by atoms with E-state index in [2.05, 4.69) is 47.2 Å². The summed E-state index contributed by atoms with van der Waals surface area (Å²) in [4.78, 5) is 7.22. The number of anilines is 1. The molecule has 1 aromatic rings. The highest BCUT2D eigenvalue weighted by Gasteiger charge is 2.43. The minimum atomic E-state index is 0.671. The first-order valence-corrected chi connectivity index (χ1v) is 6.70. The van der Waals surface area contributed by atoms with Gasteiger partial charge in [0.2, 0.25) is 0 Å². The fourth-order valence-electron chi connectivity index (χ4n) is 3.50. The molecule has 17 heavy (non-hydrogen) atoms. The van der Waals surface area contributed by atoms with Gasteiger partial charge in [-0.15, -0.1) is 0 Å². The van der Waals surface area contributed by atoms with Gasteiger partial charge in [-0.25, -0.2) is 4.98 Å². The second-order valence-electron chi connectivity index (χ2n) is 5.35. The molecule has 2 aliphatic heterocycles. The molecule has 0 spiro atoms. The summed E-state index contributed by atoms with van der Waals surface area (Å²) in [6, 6.07) is 7.02. The number of nitrogens with zero attached hydrogens (tertiary/aromatic N) is 2. The van der Waals surface area contributed by atoms with E-state index < -0.39 is 0 Å². The van der Waals surface area contributed by atoms with E-state index >= 15 is 0 Å². The van der Waals surface area contributed by atoms with Crippen molar-refractivity contribution in [3.05, 3.63) is 23.9 Å². The van der Waals surface area contributed by atoms with Crippen LogP contribution in [0.1, 0.15) is 19.0 Å². The predicted molar refractivity (Wildman–Crippen MR) is 70.2 cm³/mol. The van der Waals surface area contributed by atoms with E-state index in [-0.39, 0.29) is 0 Å². The Hall–Kier alpha value is -1.09. The molecule has 1 N–H and O–H groups in total. The van der Waals surface area contributed by atoms with Gasteiger partial charge < -0.3 is 10.2 Å². The molecule has 2 aliphatic rings. The molecular formula is C14H21N3. The van der Waals surface area contributed by atoms with Crippen molar-refractivity contribution in [2.24, 2.45) is 11.8 Å². The minimum absolute atomic E-state index is 0.671. The Bertz CT molecular complexity index is 404. The van der Waals surface area contributed by atoms with E-state index in [4.69, 9.17) is 0 Å². The number of rotatable bonds is 2. The topological polar surface area (TPSA) is 28.2 Å². The first-order valence-electron chi connectivity index (χ1n) is 6.70. The van der Waals surface area contributed by atoms with E-state index in [1.165, 1.54) is 31.9 Å². The lowest BCUT2D eigenvalue weighted by atomic mass is 9.93. The summed E-state index contributed by atoms with van der Waals surface area (Å²) < 4.78 is 0. The van der Waals surface area contributed by atoms with Gasteiger partial charge in [-0.05, 0) is 37.3 Å². The SMILES string of the molecule is CCC1C2CNCC2CN1c1cccc(C)n1. The molecule has 2 fully saturated rings. The number of hydrogen-bond donors (Lipinski definition) is 1. The average Bonchev–Trinajstić information content (AvgIpc) is 2.88. The van der Waals surface area contributed by atoms with Crippen LogP contribution in [-0.2, 0) is 0 Å². The molecule has 92 valence electrons. The van der Waals surface area contributed by atoms with Crippen molar-refractivity contribution < 1.29 is 0 Å². The summed E-state index contributed by atoms with van der Waals surface area (Å²) in [5.41, 5.74) is 1.12. The second kappa shape index (κ2) is 4.30. The molecule has 0 amide bonds. The molecule has 3 atom stereocenters. The fourth-order valence-corrected chi connectivity index (χ4v) is 3.50. The summed E-state index contributed by atoms with van der Waals surface area (Å²) >= 11 is 0. The van der Waals surface area contributed by atoms with Gasteiger partial charge in [0.1, 0.15) is 5.82 Å². The van der Waals surface area contributed by atoms with Crippen molar-refractivity contribution in [3.8, 4) is 0 Å². The third-order valence-electron chi connectivity index (χ3n) is 4.30. The Morgan fingerprint density at radius 1 is 1.41 bits per heavy atom. The predicted octanol–water partition coefficient (Wildman–Crippen LogP) is 1.82. The lowest BCUT2D eigenvalue weighted by molar-refractivity contribution is 0.441. The Balaban J connectivity index is 1.88. The van der Waals surface area contributed by atoms with Crippen molar-refractivity contribution in [2.75, 3.05) is 24.5 Å². The van der Waals surface area contributed by atoms with Crippen LogP contribution in [0.15, 0.2) is 18.2 Å². The Labute approximate surface area is 103 Å². The minimum Gasteiger partial charge on any atom is -0.353 e. The molecular weight excluding hydrogens is 210 g/mol. The smallest absolute Gasteiger partial charge is 0.129 e. The highest BCUT2D eigenvalue weighted by atomic mass is 15.3. The Morgan fingerprint density at radius 2 is 2.29 bits per heavy atom. The molecule has 2 saturated heterocycles. The molecule has 1 aromatic heterocycles. The van der Waals surface area contributed by atoms with Crippen LogP contribution in [0.5, 0.6) is 0 Å². The fraction of sp³-hybridized carbons (Fsp3) is 0.643. The molecule has 3 heteroatoms. The van der Waals surface area contributed by atoms with E-state index in [0.29, 0.717) is 6.04 Å². The Morgan fingerprint density at radius 3 is 3.06 bits per heavy atom. The molecule has 0 saturated carbocycles. The van der Waals surface area contributed by atoms with E-state index in [9.17, 15) is 0 Å². The van der Waals surface area contributed by atoms with Crippen LogP contribution in [0.3, 0.4) is 0 Å². The molecule has 3 nitrogen and oxygen atoms in total. The van der Waals surface area contributed by atoms with E-state index in [0.717, 1.165) is 17.5 Å². The Kier molecular flexibility index (Phi) is 2.79. The van der Waals surface area contributed by atoms with Crippen LogP contribution in [0.25, 0.3) is 0 Å².